The molecule has 0 saturated heterocycles. The van der Waals surface area contributed by atoms with Crippen LogP contribution in [0.5, 0.6) is 0 Å². The van der Waals surface area contributed by atoms with E-state index in [0.29, 0.717) is 0 Å². The van der Waals surface area contributed by atoms with E-state index in [1.165, 1.54) is 0 Å². The van der Waals surface area contributed by atoms with Gasteiger partial charge in [-0.3, -0.25) is 0 Å². The van der Waals surface area contributed by atoms with Gasteiger partial charge in [-0.1, -0.05) is 55.3 Å². The van der Waals surface area contributed by atoms with Gasteiger partial charge in [-0.05, 0) is 12.5 Å². The molecule has 0 heterocycles. The Kier molecular flexibility index (Phi) is 4.84. The third-order valence-electron chi connectivity index (χ3n) is 1.06. The van der Waals surface area contributed by atoms with Gasteiger partial charge in [0.2, 0.25) is 0 Å². The van der Waals surface area contributed by atoms with E-state index in [-0.39, 0.29) is 0 Å². The molecule has 0 aromatic heterocycles. The first-order valence-electron chi connectivity index (χ1n) is 3.30. The van der Waals surface area contributed by atoms with Crippen molar-refractivity contribution in [3.05, 3.63) is 24.8 Å². The number of rotatable bonds is 4. The van der Waals surface area contributed by atoms with Crippen molar-refractivity contribution >= 4 is 23.2 Å². The summed E-state index contributed by atoms with van der Waals surface area (Å²) in [5.74, 6) is 0. The fourth-order valence-electron chi connectivity index (χ4n) is 0.625. The Morgan fingerprint density at radius 1 is 1.50 bits per heavy atom. The molecule has 0 aliphatic heterocycles. The molecule has 10 heavy (non-hydrogen) atoms. The van der Waals surface area contributed by atoms with E-state index in [4.69, 9.17) is 23.2 Å². The molecule has 58 valence electrons. The molecule has 0 aliphatic rings. The Morgan fingerprint density at radius 2 is 2.10 bits per heavy atom. The minimum absolute atomic E-state index is 0.705. The molecule has 0 aromatic carbocycles. The second-order valence-electron chi connectivity index (χ2n) is 2.11. The summed E-state index contributed by atoms with van der Waals surface area (Å²) in [5, 5.41) is 0. The van der Waals surface area contributed by atoms with E-state index in [9.17, 15) is 0 Å². The van der Waals surface area contributed by atoms with Crippen molar-refractivity contribution in [2.24, 2.45) is 0 Å². The van der Waals surface area contributed by atoms with Gasteiger partial charge in [0.15, 0.2) is 0 Å². The molecule has 0 aliphatic carbocycles. The lowest BCUT2D eigenvalue weighted by Gasteiger charge is -2.11. The molecular weight excluding hydrogens is 167 g/mol. The van der Waals surface area contributed by atoms with E-state index in [1.54, 1.807) is 18.2 Å². The molecule has 0 bridgehead atoms. The zero-order chi connectivity index (χ0) is 8.04. The summed E-state index contributed by atoms with van der Waals surface area (Å²) in [6, 6.07) is 0. The molecule has 0 unspecified atom stereocenters. The highest BCUT2D eigenvalue weighted by atomic mass is 35.5. The van der Waals surface area contributed by atoms with Gasteiger partial charge in [-0.2, -0.15) is 0 Å². The van der Waals surface area contributed by atoms with Crippen LogP contribution >= 0.6 is 23.2 Å². The molecule has 0 N–H and O–H groups in total. The number of halogens is 2. The smallest absolute Gasteiger partial charge is 0.0991 e. The number of hydrogen-bond acceptors (Lipinski definition) is 0. The Hall–Kier alpha value is 0.0600. The first kappa shape index (κ1) is 10.1. The van der Waals surface area contributed by atoms with Gasteiger partial charge in [0.25, 0.3) is 0 Å². The first-order chi connectivity index (χ1) is 4.62. The highest BCUT2D eigenvalue weighted by Crippen LogP contribution is 2.28. The quantitative estimate of drug-likeness (QED) is 0.455. The highest BCUT2D eigenvalue weighted by molar-refractivity contribution is 6.49. The molecule has 0 fully saturated rings. The summed E-state index contributed by atoms with van der Waals surface area (Å²) < 4.78 is -0.705. The molecule has 0 aromatic rings. The van der Waals surface area contributed by atoms with Crippen LogP contribution in [0, 0.1) is 0 Å². The second kappa shape index (κ2) is 4.81. The number of allylic oxidation sites excluding steroid dienone is 3. The maximum Gasteiger partial charge on any atom is 0.136 e. The standard InChI is InChI=1S/C8H12Cl2/c1-3-5-7-8(9,10)6-4-2/h3,5,7H,1,4,6H2,2H3/b7-5+. The SMILES string of the molecule is C=C/C=C/C(Cl)(Cl)CCC. The Morgan fingerprint density at radius 3 is 2.50 bits per heavy atom. The van der Waals surface area contributed by atoms with Crippen molar-refractivity contribution in [1.82, 2.24) is 0 Å². The topological polar surface area (TPSA) is 0 Å². The Labute approximate surface area is 72.5 Å². The lowest BCUT2D eigenvalue weighted by molar-refractivity contribution is 0.776. The maximum absolute atomic E-state index is 5.85. The fraction of sp³-hybridized carbons (Fsp3) is 0.500. The van der Waals surface area contributed by atoms with Crippen LogP contribution in [-0.2, 0) is 0 Å². The fourth-order valence-corrected chi connectivity index (χ4v) is 1.15. The average molecular weight is 179 g/mol. The highest BCUT2D eigenvalue weighted by Gasteiger charge is 2.17. The minimum Gasteiger partial charge on any atom is -0.0991 e. The van der Waals surface area contributed by atoms with Gasteiger partial charge >= 0.3 is 0 Å². The molecule has 0 rings (SSSR count). The molecule has 0 spiro atoms. The van der Waals surface area contributed by atoms with Crippen LogP contribution in [0.15, 0.2) is 24.8 Å². The summed E-state index contributed by atoms with van der Waals surface area (Å²) in [5.41, 5.74) is 0. The molecule has 0 amide bonds. The largest absolute Gasteiger partial charge is 0.136 e. The lowest BCUT2D eigenvalue weighted by Crippen LogP contribution is -2.06. The van der Waals surface area contributed by atoms with E-state index < -0.39 is 4.33 Å². The molecule has 0 saturated carbocycles. The molecule has 0 nitrogen and oxygen atoms in total. The second-order valence-corrected chi connectivity index (χ2v) is 3.65. The summed E-state index contributed by atoms with van der Waals surface area (Å²) >= 11 is 11.7. The van der Waals surface area contributed by atoms with Crippen LogP contribution < -0.4 is 0 Å². The molecule has 0 atom stereocenters. The third kappa shape index (κ3) is 4.89. The van der Waals surface area contributed by atoms with E-state index in [2.05, 4.69) is 6.58 Å². The van der Waals surface area contributed by atoms with Gasteiger partial charge in [0, 0.05) is 0 Å². The lowest BCUT2D eigenvalue weighted by atomic mass is 10.2. The third-order valence-corrected chi connectivity index (χ3v) is 1.69. The van der Waals surface area contributed by atoms with Crippen molar-refractivity contribution < 1.29 is 0 Å². The van der Waals surface area contributed by atoms with Crippen LogP contribution in [0.1, 0.15) is 19.8 Å². The minimum atomic E-state index is -0.705. The van der Waals surface area contributed by atoms with Gasteiger partial charge < -0.3 is 0 Å². The number of alkyl halides is 2. The van der Waals surface area contributed by atoms with E-state index in [1.807, 2.05) is 6.92 Å². The average Bonchev–Trinajstić information content (AvgIpc) is 1.84. The summed E-state index contributed by atoms with van der Waals surface area (Å²) in [7, 11) is 0. The van der Waals surface area contributed by atoms with Crippen molar-refractivity contribution in [2.75, 3.05) is 0 Å². The summed E-state index contributed by atoms with van der Waals surface area (Å²) in [6.45, 7) is 5.56. The summed E-state index contributed by atoms with van der Waals surface area (Å²) in [4.78, 5) is 0. The van der Waals surface area contributed by atoms with Crippen molar-refractivity contribution in [3.8, 4) is 0 Å². The van der Waals surface area contributed by atoms with Gasteiger partial charge in [-0.25, -0.2) is 0 Å². The Bertz CT molecular complexity index is 125. The summed E-state index contributed by atoms with van der Waals surface area (Å²) in [6.07, 6.45) is 6.92. The zero-order valence-electron chi connectivity index (χ0n) is 6.11. The number of hydrogen-bond donors (Lipinski definition) is 0. The van der Waals surface area contributed by atoms with Crippen molar-refractivity contribution in [2.45, 2.75) is 24.1 Å². The van der Waals surface area contributed by atoms with E-state index >= 15 is 0 Å². The van der Waals surface area contributed by atoms with Crippen LogP contribution in [-0.4, -0.2) is 4.33 Å². The molecule has 0 radical (unpaired) electrons. The van der Waals surface area contributed by atoms with Crippen LogP contribution in [0.4, 0.5) is 0 Å². The van der Waals surface area contributed by atoms with Gasteiger partial charge in [0.05, 0.1) is 0 Å². The molecular formula is C8H12Cl2. The monoisotopic (exact) mass is 178 g/mol. The maximum atomic E-state index is 5.85. The van der Waals surface area contributed by atoms with Crippen LogP contribution in [0.3, 0.4) is 0 Å². The van der Waals surface area contributed by atoms with Gasteiger partial charge in [0.1, 0.15) is 4.33 Å². The molecule has 2 heteroatoms. The van der Waals surface area contributed by atoms with Crippen LogP contribution in [0.2, 0.25) is 0 Å². The van der Waals surface area contributed by atoms with Crippen molar-refractivity contribution in [1.29, 1.82) is 0 Å². The van der Waals surface area contributed by atoms with Crippen LogP contribution in [0.25, 0.3) is 0 Å². The van der Waals surface area contributed by atoms with Crippen molar-refractivity contribution in [3.63, 3.8) is 0 Å². The first-order valence-corrected chi connectivity index (χ1v) is 4.06. The Balaban J connectivity index is 3.84. The van der Waals surface area contributed by atoms with Gasteiger partial charge in [-0.15, -0.1) is 0 Å². The zero-order valence-corrected chi connectivity index (χ0v) is 7.62. The normalized spacial score (nSPS) is 12.3. The predicted molar refractivity (Wildman–Crippen MR) is 48.7 cm³/mol. The predicted octanol–water partition coefficient (Wildman–Crippen LogP) is 3.70. The van der Waals surface area contributed by atoms with E-state index in [0.717, 1.165) is 12.8 Å².